The van der Waals surface area contributed by atoms with Crippen molar-refractivity contribution >= 4 is 11.9 Å². The number of esters is 1. The molecule has 7 nitrogen and oxygen atoms in total. The molecule has 0 amide bonds. The maximum absolute atomic E-state index is 11.6. The first kappa shape index (κ1) is 20.6. The molecular weight excluding hydrogens is 311 g/mol. The van der Waals surface area contributed by atoms with Crippen molar-refractivity contribution in [2.75, 3.05) is 6.54 Å². The smallest absolute Gasteiger partial charge is 0.475 e. The Labute approximate surface area is 125 Å². The maximum Gasteiger partial charge on any atom is 0.490 e. The molecule has 0 aromatic heterocycles. The molecule has 1 heterocycles. The number of carbonyl (C=O) groups is 2. The number of aliphatic carboxylic acids is 1. The Morgan fingerprint density at radius 1 is 1.32 bits per heavy atom. The number of nitrogens with two attached hydrogens (primary N) is 1. The normalized spacial score (nSPS) is 23.7. The Balaban J connectivity index is 0.000000534. The van der Waals surface area contributed by atoms with Crippen molar-refractivity contribution in [2.45, 2.75) is 58.0 Å². The van der Waals surface area contributed by atoms with Gasteiger partial charge in [0.1, 0.15) is 6.10 Å². The molecule has 10 heteroatoms. The van der Waals surface area contributed by atoms with Gasteiger partial charge in [-0.15, -0.1) is 0 Å². The van der Waals surface area contributed by atoms with E-state index >= 15 is 0 Å². The van der Waals surface area contributed by atoms with E-state index in [0.29, 0.717) is 0 Å². The molecule has 3 N–H and O–H groups in total. The number of carbonyl (C=O) groups excluding carboxylic acids is 1. The number of hydrogen-bond donors (Lipinski definition) is 2. The van der Waals surface area contributed by atoms with Crippen molar-refractivity contribution in [3.05, 3.63) is 0 Å². The van der Waals surface area contributed by atoms with Gasteiger partial charge in [-0.25, -0.2) is 9.59 Å². The summed E-state index contributed by atoms with van der Waals surface area (Å²) in [6.07, 6.45) is -6.39. The Bertz CT molecular complexity index is 397. The van der Waals surface area contributed by atoms with Gasteiger partial charge in [0.05, 0.1) is 6.10 Å². The highest BCUT2D eigenvalue weighted by Gasteiger charge is 2.45. The number of halogens is 3. The number of hydrogen-bond acceptors (Lipinski definition) is 6. The topological polar surface area (TPSA) is 108 Å². The lowest BCUT2D eigenvalue weighted by Crippen LogP contribution is -2.38. The van der Waals surface area contributed by atoms with Crippen LogP contribution in [0.2, 0.25) is 0 Å². The van der Waals surface area contributed by atoms with Crippen LogP contribution < -0.4 is 5.73 Å². The Morgan fingerprint density at radius 3 is 2.09 bits per heavy atom. The minimum atomic E-state index is -5.08. The average Bonchev–Trinajstić information content (AvgIpc) is 2.63. The van der Waals surface area contributed by atoms with Gasteiger partial charge >= 0.3 is 18.1 Å². The molecule has 1 fully saturated rings. The lowest BCUT2D eigenvalue weighted by molar-refractivity contribution is -0.192. The van der Waals surface area contributed by atoms with E-state index in [1.807, 2.05) is 0 Å². The highest BCUT2D eigenvalue weighted by atomic mass is 19.4. The van der Waals surface area contributed by atoms with Gasteiger partial charge in [0.25, 0.3) is 0 Å². The van der Waals surface area contributed by atoms with Crippen molar-refractivity contribution in [1.82, 2.24) is 0 Å². The number of carboxylic acid groups (broad SMARTS) is 1. The highest BCUT2D eigenvalue weighted by Crippen LogP contribution is 2.28. The number of ether oxygens (including phenoxy) is 3. The zero-order valence-electron chi connectivity index (χ0n) is 12.6. The van der Waals surface area contributed by atoms with E-state index in [-0.39, 0.29) is 12.6 Å². The SMILES string of the molecule is CC(C)OC(=O)[C@H]1OC(C)(C)O[C@H]1CN.O=C(O)C(F)(F)F. The van der Waals surface area contributed by atoms with Crippen molar-refractivity contribution < 1.29 is 42.1 Å². The number of carboxylic acids is 1. The van der Waals surface area contributed by atoms with Crippen LogP contribution in [0.4, 0.5) is 13.2 Å². The summed E-state index contributed by atoms with van der Waals surface area (Å²) in [5, 5.41) is 7.12. The molecule has 0 aliphatic carbocycles. The molecule has 0 aromatic rings. The van der Waals surface area contributed by atoms with Gasteiger partial charge < -0.3 is 25.1 Å². The molecule has 1 aliphatic rings. The monoisotopic (exact) mass is 331 g/mol. The van der Waals surface area contributed by atoms with Crippen LogP contribution in [0.25, 0.3) is 0 Å². The predicted molar refractivity (Wildman–Crippen MR) is 67.8 cm³/mol. The van der Waals surface area contributed by atoms with Gasteiger partial charge in [0.2, 0.25) is 0 Å². The second-order valence-electron chi connectivity index (χ2n) is 5.12. The van der Waals surface area contributed by atoms with E-state index in [2.05, 4.69) is 0 Å². The standard InChI is InChI=1S/C10H19NO4.C2HF3O2/c1-6(2)13-9(12)8-7(5-11)14-10(3,4)15-8;3-2(4,5)1(6)7/h6-8H,5,11H2,1-4H3;(H,6,7)/t7-,8-;/m0./s1. The molecule has 0 unspecified atom stereocenters. The molecule has 1 saturated heterocycles. The Hall–Kier alpha value is -1.39. The van der Waals surface area contributed by atoms with E-state index in [4.69, 9.17) is 29.8 Å². The summed E-state index contributed by atoms with van der Waals surface area (Å²) in [5.41, 5.74) is 5.50. The molecule has 22 heavy (non-hydrogen) atoms. The van der Waals surface area contributed by atoms with Crippen LogP contribution in [0.3, 0.4) is 0 Å². The van der Waals surface area contributed by atoms with Gasteiger partial charge in [-0.05, 0) is 27.7 Å². The first-order valence-corrected chi connectivity index (χ1v) is 6.36. The third kappa shape index (κ3) is 7.05. The molecular formula is C12H20F3NO6. The fraction of sp³-hybridized carbons (Fsp3) is 0.833. The lowest BCUT2D eigenvalue weighted by atomic mass is 10.2. The van der Waals surface area contributed by atoms with E-state index in [9.17, 15) is 18.0 Å². The summed E-state index contributed by atoms with van der Waals surface area (Å²) < 4.78 is 47.7. The van der Waals surface area contributed by atoms with Crippen LogP contribution in [0, 0.1) is 0 Å². The first-order valence-electron chi connectivity index (χ1n) is 6.36. The summed E-state index contributed by atoms with van der Waals surface area (Å²) in [6, 6.07) is 0. The molecule has 0 radical (unpaired) electrons. The summed E-state index contributed by atoms with van der Waals surface area (Å²) in [7, 11) is 0. The van der Waals surface area contributed by atoms with Gasteiger partial charge in [-0.1, -0.05) is 0 Å². The maximum atomic E-state index is 11.6. The van der Waals surface area contributed by atoms with Crippen LogP contribution in [-0.2, 0) is 23.8 Å². The summed E-state index contributed by atoms with van der Waals surface area (Å²) >= 11 is 0. The third-order valence-electron chi connectivity index (χ3n) is 2.24. The van der Waals surface area contributed by atoms with Crippen molar-refractivity contribution in [2.24, 2.45) is 5.73 Å². The van der Waals surface area contributed by atoms with Crippen molar-refractivity contribution in [3.63, 3.8) is 0 Å². The fourth-order valence-electron chi connectivity index (χ4n) is 1.51. The molecule has 0 saturated carbocycles. The van der Waals surface area contributed by atoms with E-state index < -0.39 is 36.1 Å². The lowest BCUT2D eigenvalue weighted by Gasteiger charge is -2.17. The van der Waals surface area contributed by atoms with E-state index in [1.54, 1.807) is 27.7 Å². The van der Waals surface area contributed by atoms with Crippen LogP contribution in [0.5, 0.6) is 0 Å². The number of alkyl halides is 3. The minimum Gasteiger partial charge on any atom is -0.475 e. The minimum absolute atomic E-state index is 0.164. The summed E-state index contributed by atoms with van der Waals surface area (Å²) in [6.45, 7) is 7.31. The van der Waals surface area contributed by atoms with Gasteiger partial charge in [-0.3, -0.25) is 0 Å². The molecule has 1 rings (SSSR count). The van der Waals surface area contributed by atoms with E-state index in [1.165, 1.54) is 0 Å². The largest absolute Gasteiger partial charge is 0.490 e. The zero-order chi connectivity index (χ0) is 17.7. The summed E-state index contributed by atoms with van der Waals surface area (Å²) in [4.78, 5) is 20.5. The molecule has 2 atom stereocenters. The molecule has 0 spiro atoms. The second kappa shape index (κ2) is 7.75. The van der Waals surface area contributed by atoms with Crippen molar-refractivity contribution in [3.8, 4) is 0 Å². The zero-order valence-corrected chi connectivity index (χ0v) is 12.6. The first-order chi connectivity index (χ1) is 9.80. The summed E-state index contributed by atoms with van der Waals surface area (Å²) in [5.74, 6) is -3.94. The van der Waals surface area contributed by atoms with Crippen LogP contribution in [0.1, 0.15) is 27.7 Å². The number of rotatable bonds is 3. The van der Waals surface area contributed by atoms with Gasteiger partial charge in [0.15, 0.2) is 11.9 Å². The van der Waals surface area contributed by atoms with Crippen LogP contribution in [0.15, 0.2) is 0 Å². The Kier molecular flexibility index (Phi) is 7.26. The van der Waals surface area contributed by atoms with Crippen molar-refractivity contribution in [1.29, 1.82) is 0 Å². The quantitative estimate of drug-likeness (QED) is 0.744. The molecule has 130 valence electrons. The Morgan fingerprint density at radius 2 is 1.77 bits per heavy atom. The third-order valence-corrected chi connectivity index (χ3v) is 2.24. The highest BCUT2D eigenvalue weighted by molar-refractivity contribution is 5.76. The molecule has 0 aromatic carbocycles. The van der Waals surface area contributed by atoms with Gasteiger partial charge in [-0.2, -0.15) is 13.2 Å². The van der Waals surface area contributed by atoms with Crippen LogP contribution >= 0.6 is 0 Å². The van der Waals surface area contributed by atoms with Gasteiger partial charge in [0, 0.05) is 6.54 Å². The molecule has 1 aliphatic heterocycles. The second-order valence-corrected chi connectivity index (χ2v) is 5.12. The molecule has 0 bridgehead atoms. The average molecular weight is 331 g/mol. The van der Waals surface area contributed by atoms with E-state index in [0.717, 1.165) is 0 Å². The predicted octanol–water partition coefficient (Wildman–Crippen LogP) is 1.05. The van der Waals surface area contributed by atoms with Crippen LogP contribution in [-0.4, -0.2) is 53.9 Å². The fourth-order valence-corrected chi connectivity index (χ4v) is 1.51.